The van der Waals surface area contributed by atoms with Crippen LogP contribution in [-0.2, 0) is 5.75 Å². The molecule has 0 aliphatic carbocycles. The third kappa shape index (κ3) is 4.34. The molecule has 3 N–H and O–H groups in total. The first-order chi connectivity index (χ1) is 10.1. The van der Waals surface area contributed by atoms with Gasteiger partial charge in [-0.2, -0.15) is 0 Å². The number of H-pyrrole nitrogens is 1. The van der Waals surface area contributed by atoms with E-state index in [0.29, 0.717) is 17.5 Å². The molecule has 0 aliphatic heterocycles. The molecule has 0 bridgehead atoms. The van der Waals surface area contributed by atoms with Crippen molar-refractivity contribution in [3.05, 3.63) is 51.9 Å². The standard InChI is InChI=1S/C15H19N3O2S/c1-3-20-13-5-4-11(10(2)16)8-12(13)9-21-15-17-7-6-14(19)18-15/h4-8,10H,3,9,16H2,1-2H3,(H,17,18,19). The Morgan fingerprint density at radius 2 is 2.24 bits per heavy atom. The Morgan fingerprint density at radius 3 is 2.90 bits per heavy atom. The quantitative estimate of drug-likeness (QED) is 0.633. The summed E-state index contributed by atoms with van der Waals surface area (Å²) in [4.78, 5) is 18.1. The molecule has 0 saturated heterocycles. The first-order valence-electron chi connectivity index (χ1n) is 6.79. The van der Waals surface area contributed by atoms with Crippen LogP contribution < -0.4 is 16.0 Å². The van der Waals surface area contributed by atoms with Gasteiger partial charge in [0, 0.05) is 29.6 Å². The minimum absolute atomic E-state index is 0.0286. The molecule has 1 unspecified atom stereocenters. The van der Waals surface area contributed by atoms with Crippen molar-refractivity contribution < 1.29 is 4.74 Å². The summed E-state index contributed by atoms with van der Waals surface area (Å²) in [5.41, 5.74) is 7.88. The Morgan fingerprint density at radius 1 is 1.43 bits per heavy atom. The van der Waals surface area contributed by atoms with Gasteiger partial charge in [-0.05, 0) is 31.5 Å². The predicted molar refractivity (Wildman–Crippen MR) is 84.6 cm³/mol. The van der Waals surface area contributed by atoms with Gasteiger partial charge in [0.2, 0.25) is 0 Å². The fourth-order valence-electron chi connectivity index (χ4n) is 1.86. The summed E-state index contributed by atoms with van der Waals surface area (Å²) >= 11 is 1.46. The summed E-state index contributed by atoms with van der Waals surface area (Å²) < 4.78 is 5.64. The van der Waals surface area contributed by atoms with Crippen LogP contribution in [0.15, 0.2) is 40.4 Å². The van der Waals surface area contributed by atoms with E-state index in [-0.39, 0.29) is 11.6 Å². The maximum absolute atomic E-state index is 11.3. The molecular weight excluding hydrogens is 286 g/mol. The third-order valence-corrected chi connectivity index (χ3v) is 3.86. The first kappa shape index (κ1) is 15.6. The van der Waals surface area contributed by atoms with Crippen molar-refractivity contribution in [1.29, 1.82) is 0 Å². The van der Waals surface area contributed by atoms with Gasteiger partial charge in [-0.15, -0.1) is 0 Å². The molecule has 1 heterocycles. The zero-order valence-electron chi connectivity index (χ0n) is 12.1. The second-order valence-electron chi connectivity index (χ2n) is 4.62. The first-order valence-corrected chi connectivity index (χ1v) is 7.78. The molecule has 5 nitrogen and oxygen atoms in total. The van der Waals surface area contributed by atoms with E-state index in [1.807, 2.05) is 32.0 Å². The maximum atomic E-state index is 11.3. The molecule has 6 heteroatoms. The third-order valence-electron chi connectivity index (χ3n) is 2.92. The Balaban J connectivity index is 2.20. The summed E-state index contributed by atoms with van der Waals surface area (Å²) in [5, 5.41) is 0.594. The van der Waals surface area contributed by atoms with Crippen LogP contribution >= 0.6 is 11.8 Å². The predicted octanol–water partition coefficient (Wildman–Crippen LogP) is 2.48. The topological polar surface area (TPSA) is 81.0 Å². The lowest BCUT2D eigenvalue weighted by Gasteiger charge is -2.13. The van der Waals surface area contributed by atoms with Crippen molar-refractivity contribution in [2.75, 3.05) is 6.61 Å². The summed E-state index contributed by atoms with van der Waals surface area (Å²) in [6.07, 6.45) is 1.50. The Bertz CT molecular complexity index is 655. The van der Waals surface area contributed by atoms with Gasteiger partial charge in [0.25, 0.3) is 5.56 Å². The van der Waals surface area contributed by atoms with E-state index in [4.69, 9.17) is 10.5 Å². The van der Waals surface area contributed by atoms with Crippen LogP contribution in [0.2, 0.25) is 0 Å². The summed E-state index contributed by atoms with van der Waals surface area (Å²) in [6.45, 7) is 4.51. The lowest BCUT2D eigenvalue weighted by Crippen LogP contribution is -2.07. The molecule has 2 aromatic rings. The number of nitrogens with two attached hydrogens (primary N) is 1. The van der Waals surface area contributed by atoms with Crippen molar-refractivity contribution >= 4 is 11.8 Å². The number of benzene rings is 1. The molecular formula is C15H19N3O2S. The van der Waals surface area contributed by atoms with Gasteiger partial charge >= 0.3 is 0 Å². The lowest BCUT2D eigenvalue weighted by atomic mass is 10.1. The Labute approximate surface area is 127 Å². The van der Waals surface area contributed by atoms with E-state index in [1.165, 1.54) is 24.0 Å². The number of nitrogens with one attached hydrogen (secondary N) is 1. The number of hydrogen-bond acceptors (Lipinski definition) is 5. The number of hydrogen-bond donors (Lipinski definition) is 2. The zero-order chi connectivity index (χ0) is 15.2. The molecule has 0 spiro atoms. The van der Waals surface area contributed by atoms with E-state index in [0.717, 1.165) is 16.9 Å². The molecule has 0 saturated carbocycles. The van der Waals surface area contributed by atoms with Crippen LogP contribution in [0.5, 0.6) is 5.75 Å². The average molecular weight is 305 g/mol. The van der Waals surface area contributed by atoms with Crippen LogP contribution in [0.1, 0.15) is 31.0 Å². The second-order valence-corrected chi connectivity index (χ2v) is 5.58. The molecule has 2 rings (SSSR count). The minimum atomic E-state index is -0.151. The Hall–Kier alpha value is -1.79. The highest BCUT2D eigenvalue weighted by Gasteiger charge is 2.09. The van der Waals surface area contributed by atoms with Crippen molar-refractivity contribution in [3.63, 3.8) is 0 Å². The highest BCUT2D eigenvalue weighted by molar-refractivity contribution is 7.98. The second kappa shape index (κ2) is 7.28. The molecule has 21 heavy (non-hydrogen) atoms. The zero-order valence-corrected chi connectivity index (χ0v) is 12.9. The summed E-state index contributed by atoms with van der Waals surface area (Å²) in [5.74, 6) is 1.50. The average Bonchev–Trinajstić information content (AvgIpc) is 2.46. The number of aromatic amines is 1. The van der Waals surface area contributed by atoms with E-state index in [1.54, 1.807) is 0 Å². The smallest absolute Gasteiger partial charge is 0.251 e. The van der Waals surface area contributed by atoms with Gasteiger partial charge < -0.3 is 15.5 Å². The van der Waals surface area contributed by atoms with Crippen LogP contribution in [0, 0.1) is 0 Å². The molecule has 112 valence electrons. The molecule has 0 aliphatic rings. The lowest BCUT2D eigenvalue weighted by molar-refractivity contribution is 0.337. The van der Waals surface area contributed by atoms with Gasteiger partial charge in [-0.3, -0.25) is 4.79 Å². The van der Waals surface area contributed by atoms with Gasteiger partial charge in [-0.1, -0.05) is 17.8 Å². The van der Waals surface area contributed by atoms with Gasteiger partial charge in [0.05, 0.1) is 6.61 Å². The number of aromatic nitrogens is 2. The van der Waals surface area contributed by atoms with Crippen molar-refractivity contribution in [3.8, 4) is 5.75 Å². The number of rotatable bonds is 6. The highest BCUT2D eigenvalue weighted by atomic mass is 32.2. The molecule has 0 fully saturated rings. The summed E-state index contributed by atoms with van der Waals surface area (Å²) in [6, 6.07) is 7.33. The van der Waals surface area contributed by atoms with Gasteiger partial charge in [-0.25, -0.2) is 4.98 Å². The molecule has 0 amide bonds. The monoisotopic (exact) mass is 305 g/mol. The van der Waals surface area contributed by atoms with Gasteiger partial charge in [0.15, 0.2) is 5.16 Å². The number of ether oxygens (including phenoxy) is 1. The van der Waals surface area contributed by atoms with Crippen LogP contribution in [0.4, 0.5) is 0 Å². The normalized spacial score (nSPS) is 12.1. The summed E-state index contributed by atoms with van der Waals surface area (Å²) in [7, 11) is 0. The number of nitrogens with zero attached hydrogens (tertiary/aromatic N) is 1. The molecule has 1 aromatic heterocycles. The van der Waals surface area contributed by atoms with Crippen LogP contribution in [-0.4, -0.2) is 16.6 Å². The van der Waals surface area contributed by atoms with E-state index in [2.05, 4.69) is 9.97 Å². The van der Waals surface area contributed by atoms with Crippen LogP contribution in [0.3, 0.4) is 0 Å². The maximum Gasteiger partial charge on any atom is 0.251 e. The fourth-order valence-corrected chi connectivity index (χ4v) is 2.69. The van der Waals surface area contributed by atoms with Crippen molar-refractivity contribution in [2.24, 2.45) is 5.73 Å². The fraction of sp³-hybridized carbons (Fsp3) is 0.333. The van der Waals surface area contributed by atoms with E-state index >= 15 is 0 Å². The highest BCUT2D eigenvalue weighted by Crippen LogP contribution is 2.28. The van der Waals surface area contributed by atoms with E-state index < -0.39 is 0 Å². The molecule has 0 radical (unpaired) electrons. The van der Waals surface area contributed by atoms with E-state index in [9.17, 15) is 4.79 Å². The SMILES string of the molecule is CCOc1ccc(C(C)N)cc1CSc1nccc(=O)[nH]1. The minimum Gasteiger partial charge on any atom is -0.494 e. The van der Waals surface area contributed by atoms with Gasteiger partial charge in [0.1, 0.15) is 5.75 Å². The molecule has 1 atom stereocenters. The van der Waals surface area contributed by atoms with Crippen molar-refractivity contribution in [1.82, 2.24) is 9.97 Å². The number of thioether (sulfide) groups is 1. The largest absolute Gasteiger partial charge is 0.494 e. The van der Waals surface area contributed by atoms with Crippen LogP contribution in [0.25, 0.3) is 0 Å². The Kier molecular flexibility index (Phi) is 5.41. The molecule has 1 aromatic carbocycles. The van der Waals surface area contributed by atoms with Crippen molar-refractivity contribution in [2.45, 2.75) is 30.8 Å².